The maximum Gasteiger partial charge on any atom is 0.321 e. The molecule has 0 aliphatic carbocycles. The van der Waals surface area contributed by atoms with E-state index in [9.17, 15) is 9.90 Å². The molecule has 0 saturated heterocycles. The third kappa shape index (κ3) is 3.53. The van der Waals surface area contributed by atoms with Crippen LogP contribution in [-0.2, 0) is 24.3 Å². The van der Waals surface area contributed by atoms with Gasteiger partial charge in [0.05, 0.1) is 0 Å². The van der Waals surface area contributed by atoms with Crippen molar-refractivity contribution in [2.45, 2.75) is 38.9 Å². The van der Waals surface area contributed by atoms with Crippen LogP contribution in [0, 0.1) is 0 Å². The Morgan fingerprint density at radius 2 is 1.86 bits per heavy atom. The van der Waals surface area contributed by atoms with Gasteiger partial charge < -0.3 is 14.7 Å². The van der Waals surface area contributed by atoms with E-state index in [1.807, 2.05) is 42.6 Å². The lowest BCUT2D eigenvalue weighted by Gasteiger charge is -2.14. The molecular weight excluding hydrogens is 350 g/mol. The monoisotopic (exact) mass is 375 g/mol. The van der Waals surface area contributed by atoms with Crippen molar-refractivity contribution in [3.8, 4) is 0 Å². The van der Waals surface area contributed by atoms with Gasteiger partial charge in [0, 0.05) is 53.7 Å². The summed E-state index contributed by atoms with van der Waals surface area (Å²) in [5.41, 5.74) is 4.38. The summed E-state index contributed by atoms with van der Waals surface area (Å²) >= 11 is 0. The maximum absolute atomic E-state index is 11.9. The zero-order valence-corrected chi connectivity index (χ0v) is 16.0. The molecule has 0 amide bonds. The number of hydrogen-bond acceptors (Lipinski definition) is 2. The Morgan fingerprint density at radius 3 is 2.64 bits per heavy atom. The Bertz CT molecular complexity index is 1110. The number of nitrogens with one attached hydrogen (secondary N) is 2. The van der Waals surface area contributed by atoms with Crippen LogP contribution in [0.4, 0.5) is 0 Å². The molecule has 0 unspecified atom stereocenters. The van der Waals surface area contributed by atoms with Crippen LogP contribution >= 0.6 is 0 Å². The summed E-state index contributed by atoms with van der Waals surface area (Å²) in [4.78, 5) is 15.1. The van der Waals surface area contributed by atoms with Gasteiger partial charge in [0.25, 0.3) is 0 Å². The fourth-order valence-corrected chi connectivity index (χ4v) is 3.89. The van der Waals surface area contributed by atoms with Gasteiger partial charge in [0.1, 0.15) is 6.04 Å². The SMILES string of the molecule is CCCn1cc(CN[C@H](Cc2c[nH]c3ccccc23)C(=O)O)c2ccccc21. The lowest BCUT2D eigenvalue weighted by Crippen LogP contribution is -2.38. The van der Waals surface area contributed by atoms with E-state index >= 15 is 0 Å². The first-order valence-corrected chi connectivity index (χ1v) is 9.75. The Morgan fingerprint density at radius 1 is 1.11 bits per heavy atom. The summed E-state index contributed by atoms with van der Waals surface area (Å²) in [6, 6.07) is 15.6. The molecule has 0 saturated carbocycles. The molecule has 5 nitrogen and oxygen atoms in total. The van der Waals surface area contributed by atoms with Crippen molar-refractivity contribution in [2.24, 2.45) is 0 Å². The number of aromatic amines is 1. The second kappa shape index (κ2) is 7.90. The molecular formula is C23H25N3O2. The predicted octanol–water partition coefficient (Wildman–Crippen LogP) is 4.32. The minimum absolute atomic E-state index is 0.437. The minimum Gasteiger partial charge on any atom is -0.480 e. The average molecular weight is 375 g/mol. The molecule has 144 valence electrons. The van der Waals surface area contributed by atoms with Crippen molar-refractivity contribution < 1.29 is 9.90 Å². The average Bonchev–Trinajstić information content (AvgIpc) is 3.27. The van der Waals surface area contributed by atoms with E-state index < -0.39 is 12.0 Å². The molecule has 0 aliphatic rings. The van der Waals surface area contributed by atoms with Crippen LogP contribution in [0.5, 0.6) is 0 Å². The van der Waals surface area contributed by atoms with E-state index in [1.165, 1.54) is 10.9 Å². The number of rotatable bonds is 8. The molecule has 0 fully saturated rings. The smallest absolute Gasteiger partial charge is 0.321 e. The molecule has 28 heavy (non-hydrogen) atoms. The van der Waals surface area contributed by atoms with Crippen molar-refractivity contribution in [2.75, 3.05) is 0 Å². The number of H-pyrrole nitrogens is 1. The van der Waals surface area contributed by atoms with Gasteiger partial charge in [0.2, 0.25) is 0 Å². The van der Waals surface area contributed by atoms with Gasteiger partial charge in [-0.25, -0.2) is 0 Å². The quantitative estimate of drug-likeness (QED) is 0.430. The highest BCUT2D eigenvalue weighted by Gasteiger charge is 2.20. The van der Waals surface area contributed by atoms with Gasteiger partial charge in [-0.05, 0) is 29.7 Å². The molecule has 0 spiro atoms. The number of nitrogens with zero attached hydrogens (tertiary/aromatic N) is 1. The summed E-state index contributed by atoms with van der Waals surface area (Å²) < 4.78 is 2.25. The van der Waals surface area contributed by atoms with E-state index in [0.29, 0.717) is 13.0 Å². The van der Waals surface area contributed by atoms with Crippen LogP contribution in [-0.4, -0.2) is 26.7 Å². The standard InChI is InChI=1S/C23H25N3O2/c1-2-11-26-15-17(19-8-4-6-10-22(19)26)14-25-21(23(27)28)12-16-13-24-20-9-5-3-7-18(16)20/h3-10,13,15,21,24-25H,2,11-12,14H2,1H3,(H,27,28)/t21-/m1/s1. The zero-order valence-electron chi connectivity index (χ0n) is 16.0. The van der Waals surface area contributed by atoms with Crippen molar-refractivity contribution in [3.05, 3.63) is 72.1 Å². The Labute approximate surface area is 164 Å². The Hall–Kier alpha value is -3.05. The molecule has 0 radical (unpaired) electrons. The second-order valence-corrected chi connectivity index (χ2v) is 7.20. The Balaban J connectivity index is 1.55. The first-order chi connectivity index (χ1) is 13.7. The number of carbonyl (C=O) groups is 1. The number of carboxylic acid groups (broad SMARTS) is 1. The number of fused-ring (bicyclic) bond motifs is 2. The van der Waals surface area contributed by atoms with Crippen molar-refractivity contribution in [1.29, 1.82) is 0 Å². The lowest BCUT2D eigenvalue weighted by molar-refractivity contribution is -0.139. The van der Waals surface area contributed by atoms with E-state index in [1.54, 1.807) is 0 Å². The number of benzene rings is 2. The topological polar surface area (TPSA) is 70.0 Å². The first kappa shape index (κ1) is 18.3. The summed E-state index contributed by atoms with van der Waals surface area (Å²) in [5, 5.41) is 15.3. The van der Waals surface area contributed by atoms with Crippen LogP contribution in [0.25, 0.3) is 21.8 Å². The fraction of sp³-hybridized carbons (Fsp3) is 0.261. The Kier molecular flexibility index (Phi) is 5.17. The third-order valence-electron chi connectivity index (χ3n) is 5.27. The molecule has 1 atom stereocenters. The zero-order chi connectivity index (χ0) is 19.5. The van der Waals surface area contributed by atoms with Gasteiger partial charge in [0.15, 0.2) is 0 Å². The molecule has 5 heteroatoms. The molecule has 4 rings (SSSR count). The number of carboxylic acids is 1. The third-order valence-corrected chi connectivity index (χ3v) is 5.27. The molecule has 2 aromatic heterocycles. The van der Waals surface area contributed by atoms with Crippen LogP contribution in [0.3, 0.4) is 0 Å². The maximum atomic E-state index is 11.9. The fourth-order valence-electron chi connectivity index (χ4n) is 3.89. The van der Waals surface area contributed by atoms with E-state index in [4.69, 9.17) is 0 Å². The summed E-state index contributed by atoms with van der Waals surface area (Å²) in [6.07, 6.45) is 5.55. The molecule has 0 bridgehead atoms. The molecule has 2 aromatic carbocycles. The van der Waals surface area contributed by atoms with Gasteiger partial charge >= 0.3 is 5.97 Å². The summed E-state index contributed by atoms with van der Waals surface area (Å²) in [6.45, 7) is 3.64. The summed E-state index contributed by atoms with van der Waals surface area (Å²) in [5.74, 6) is -0.831. The van der Waals surface area contributed by atoms with E-state index in [2.05, 4.69) is 40.1 Å². The number of aryl methyl sites for hydroxylation is 1. The number of hydrogen-bond donors (Lipinski definition) is 3. The van der Waals surface area contributed by atoms with Crippen LogP contribution in [0.2, 0.25) is 0 Å². The van der Waals surface area contributed by atoms with Crippen molar-refractivity contribution in [3.63, 3.8) is 0 Å². The van der Waals surface area contributed by atoms with Gasteiger partial charge in [-0.1, -0.05) is 43.3 Å². The van der Waals surface area contributed by atoms with Crippen LogP contribution < -0.4 is 5.32 Å². The summed E-state index contributed by atoms with van der Waals surface area (Å²) in [7, 11) is 0. The molecule has 2 heterocycles. The molecule has 3 N–H and O–H groups in total. The van der Waals surface area contributed by atoms with Crippen molar-refractivity contribution >= 4 is 27.8 Å². The highest BCUT2D eigenvalue weighted by Crippen LogP contribution is 2.23. The van der Waals surface area contributed by atoms with Gasteiger partial charge in [-0.3, -0.25) is 10.1 Å². The number of aromatic nitrogens is 2. The molecule has 0 aliphatic heterocycles. The van der Waals surface area contributed by atoms with Gasteiger partial charge in [-0.15, -0.1) is 0 Å². The predicted molar refractivity (Wildman–Crippen MR) is 112 cm³/mol. The number of para-hydroxylation sites is 2. The van der Waals surface area contributed by atoms with E-state index in [-0.39, 0.29) is 0 Å². The van der Waals surface area contributed by atoms with Crippen LogP contribution in [0.15, 0.2) is 60.9 Å². The lowest BCUT2D eigenvalue weighted by atomic mass is 10.0. The largest absolute Gasteiger partial charge is 0.480 e. The van der Waals surface area contributed by atoms with Crippen LogP contribution in [0.1, 0.15) is 24.5 Å². The van der Waals surface area contributed by atoms with E-state index in [0.717, 1.165) is 35.0 Å². The normalized spacial score (nSPS) is 12.6. The van der Waals surface area contributed by atoms with Gasteiger partial charge in [-0.2, -0.15) is 0 Å². The highest BCUT2D eigenvalue weighted by molar-refractivity contribution is 5.85. The first-order valence-electron chi connectivity index (χ1n) is 9.75. The molecule has 4 aromatic rings. The highest BCUT2D eigenvalue weighted by atomic mass is 16.4. The van der Waals surface area contributed by atoms with Crippen molar-refractivity contribution in [1.82, 2.24) is 14.9 Å². The minimum atomic E-state index is -0.831. The number of aliphatic carboxylic acids is 1. The second-order valence-electron chi connectivity index (χ2n) is 7.20.